The van der Waals surface area contributed by atoms with Crippen LogP contribution < -0.4 is 4.90 Å². The minimum atomic E-state index is -0.474. The third-order valence-corrected chi connectivity index (χ3v) is 4.93. The first-order valence-electron chi connectivity index (χ1n) is 9.57. The molecule has 0 unspecified atom stereocenters. The molecular formula is C21H26N4O3. The van der Waals surface area contributed by atoms with E-state index in [1.165, 1.54) is 0 Å². The summed E-state index contributed by atoms with van der Waals surface area (Å²) in [5.41, 5.74) is 3.88. The van der Waals surface area contributed by atoms with Gasteiger partial charge in [0.2, 0.25) is 5.91 Å². The molecule has 0 N–H and O–H groups in total. The zero-order chi connectivity index (χ0) is 20.3. The molecule has 2 aromatic rings. The number of benzene rings is 1. The largest absolute Gasteiger partial charge is 0.461 e. The van der Waals surface area contributed by atoms with Gasteiger partial charge < -0.3 is 14.5 Å². The number of ether oxygens (including phenoxy) is 1. The van der Waals surface area contributed by atoms with Gasteiger partial charge in [-0.25, -0.2) is 14.8 Å². The maximum atomic E-state index is 12.5. The SMILES string of the molecule is C/C=C/C(=O)N1CCN(c2nc3cc(C)c(C)cc3nc2C(=O)OCC)CC1. The molecule has 1 fully saturated rings. The van der Waals surface area contributed by atoms with Gasteiger partial charge in [-0.05, 0) is 57.0 Å². The summed E-state index contributed by atoms with van der Waals surface area (Å²) in [6.07, 6.45) is 3.31. The van der Waals surface area contributed by atoms with E-state index in [-0.39, 0.29) is 18.2 Å². The molecule has 0 saturated carbocycles. The Morgan fingerprint density at radius 1 is 1.07 bits per heavy atom. The van der Waals surface area contributed by atoms with Crippen LogP contribution in [0.4, 0.5) is 5.82 Å². The van der Waals surface area contributed by atoms with E-state index in [1.54, 1.807) is 24.0 Å². The molecule has 1 aliphatic rings. The lowest BCUT2D eigenvalue weighted by Gasteiger charge is -2.35. The lowest BCUT2D eigenvalue weighted by Crippen LogP contribution is -2.49. The van der Waals surface area contributed by atoms with Crippen molar-refractivity contribution < 1.29 is 14.3 Å². The quantitative estimate of drug-likeness (QED) is 0.598. The van der Waals surface area contributed by atoms with Crippen molar-refractivity contribution in [3.8, 4) is 0 Å². The highest BCUT2D eigenvalue weighted by Gasteiger charge is 2.26. The van der Waals surface area contributed by atoms with Crippen LogP contribution in [0, 0.1) is 13.8 Å². The number of piperazine rings is 1. The number of rotatable bonds is 4. The standard InChI is InChI=1S/C21H26N4O3/c1-5-7-18(26)24-8-10-25(11-9-24)20-19(21(27)28-6-2)22-16-12-14(3)15(4)13-17(16)23-20/h5,7,12-13H,6,8-11H2,1-4H3/b7-5+. The van der Waals surface area contributed by atoms with Crippen molar-refractivity contribution in [3.63, 3.8) is 0 Å². The topological polar surface area (TPSA) is 75.6 Å². The van der Waals surface area contributed by atoms with Crippen molar-refractivity contribution in [2.75, 3.05) is 37.7 Å². The van der Waals surface area contributed by atoms with Crippen LogP contribution in [-0.4, -0.2) is 59.5 Å². The Morgan fingerprint density at radius 3 is 2.25 bits per heavy atom. The number of allylic oxidation sites excluding steroid dienone is 1. The van der Waals surface area contributed by atoms with Crippen LogP contribution in [-0.2, 0) is 9.53 Å². The van der Waals surface area contributed by atoms with Crippen LogP contribution in [0.2, 0.25) is 0 Å². The van der Waals surface area contributed by atoms with Crippen LogP contribution in [0.25, 0.3) is 11.0 Å². The van der Waals surface area contributed by atoms with E-state index >= 15 is 0 Å². The average molecular weight is 382 g/mol. The molecule has 1 aliphatic heterocycles. The van der Waals surface area contributed by atoms with Gasteiger partial charge in [-0.2, -0.15) is 0 Å². The van der Waals surface area contributed by atoms with Gasteiger partial charge in [0, 0.05) is 26.2 Å². The molecule has 7 nitrogen and oxygen atoms in total. The molecule has 148 valence electrons. The predicted molar refractivity (Wildman–Crippen MR) is 109 cm³/mol. The molecule has 0 aliphatic carbocycles. The van der Waals surface area contributed by atoms with E-state index in [2.05, 4.69) is 4.98 Å². The van der Waals surface area contributed by atoms with E-state index < -0.39 is 5.97 Å². The number of amides is 1. The van der Waals surface area contributed by atoms with Gasteiger partial charge in [0.15, 0.2) is 11.5 Å². The third kappa shape index (κ3) is 3.98. The lowest BCUT2D eigenvalue weighted by atomic mass is 10.1. The number of esters is 1. The normalized spacial score (nSPS) is 14.7. The Balaban J connectivity index is 1.96. The second-order valence-corrected chi connectivity index (χ2v) is 6.85. The van der Waals surface area contributed by atoms with E-state index in [1.807, 2.05) is 37.8 Å². The number of aromatic nitrogens is 2. The van der Waals surface area contributed by atoms with Crippen LogP contribution in [0.1, 0.15) is 35.5 Å². The molecule has 28 heavy (non-hydrogen) atoms. The Labute approximate surface area is 165 Å². The number of carbonyl (C=O) groups excluding carboxylic acids is 2. The number of hydrogen-bond donors (Lipinski definition) is 0. The number of anilines is 1. The van der Waals surface area contributed by atoms with E-state index in [4.69, 9.17) is 9.72 Å². The van der Waals surface area contributed by atoms with Crippen LogP contribution in [0.5, 0.6) is 0 Å². The Hall–Kier alpha value is -2.96. The zero-order valence-electron chi connectivity index (χ0n) is 16.9. The molecule has 1 aromatic carbocycles. The number of fused-ring (bicyclic) bond motifs is 1. The zero-order valence-corrected chi connectivity index (χ0v) is 16.9. The van der Waals surface area contributed by atoms with Crippen molar-refractivity contribution in [1.82, 2.24) is 14.9 Å². The van der Waals surface area contributed by atoms with E-state index in [0.29, 0.717) is 37.5 Å². The summed E-state index contributed by atoms with van der Waals surface area (Å²) < 4.78 is 5.21. The van der Waals surface area contributed by atoms with Gasteiger partial charge in [-0.15, -0.1) is 0 Å². The number of hydrogen-bond acceptors (Lipinski definition) is 6. The van der Waals surface area contributed by atoms with Crippen molar-refractivity contribution >= 4 is 28.7 Å². The van der Waals surface area contributed by atoms with Crippen LogP contribution in [0.3, 0.4) is 0 Å². The summed E-state index contributed by atoms with van der Waals surface area (Å²) >= 11 is 0. The molecule has 0 spiro atoms. The molecule has 1 saturated heterocycles. The Kier molecular flexibility index (Phi) is 5.92. The highest BCUT2D eigenvalue weighted by atomic mass is 16.5. The fraction of sp³-hybridized carbons (Fsp3) is 0.429. The summed E-state index contributed by atoms with van der Waals surface area (Å²) in [6.45, 7) is 10.2. The second kappa shape index (κ2) is 8.37. The Morgan fingerprint density at radius 2 is 1.68 bits per heavy atom. The monoisotopic (exact) mass is 382 g/mol. The molecule has 1 amide bonds. The van der Waals surface area contributed by atoms with Gasteiger partial charge in [0.05, 0.1) is 17.6 Å². The van der Waals surface area contributed by atoms with Crippen molar-refractivity contribution in [2.24, 2.45) is 0 Å². The lowest BCUT2D eigenvalue weighted by molar-refractivity contribution is -0.126. The van der Waals surface area contributed by atoms with Gasteiger partial charge in [-0.1, -0.05) is 6.08 Å². The Bertz CT molecular complexity index is 931. The highest BCUT2D eigenvalue weighted by Crippen LogP contribution is 2.25. The third-order valence-electron chi connectivity index (χ3n) is 4.93. The summed E-state index contributed by atoms with van der Waals surface area (Å²) in [7, 11) is 0. The van der Waals surface area contributed by atoms with Gasteiger partial charge in [0.25, 0.3) is 0 Å². The van der Waals surface area contributed by atoms with E-state index in [9.17, 15) is 9.59 Å². The summed E-state index contributed by atoms with van der Waals surface area (Å²) in [4.78, 5) is 37.7. The molecular weight excluding hydrogens is 356 g/mol. The minimum absolute atomic E-state index is 0.00321. The molecule has 0 atom stereocenters. The number of aryl methyl sites for hydroxylation is 2. The van der Waals surface area contributed by atoms with Crippen LogP contribution >= 0.6 is 0 Å². The van der Waals surface area contributed by atoms with Crippen LogP contribution in [0.15, 0.2) is 24.3 Å². The molecule has 2 heterocycles. The first kappa shape index (κ1) is 19.8. The predicted octanol–water partition coefficient (Wildman–Crippen LogP) is 2.65. The summed E-state index contributed by atoms with van der Waals surface area (Å²) in [6, 6.07) is 3.93. The molecule has 1 aromatic heterocycles. The van der Waals surface area contributed by atoms with Gasteiger partial charge >= 0.3 is 5.97 Å². The maximum absolute atomic E-state index is 12.5. The van der Waals surface area contributed by atoms with Crippen molar-refractivity contribution in [2.45, 2.75) is 27.7 Å². The fourth-order valence-corrected chi connectivity index (χ4v) is 3.25. The fourth-order valence-electron chi connectivity index (χ4n) is 3.25. The average Bonchev–Trinajstić information content (AvgIpc) is 2.68. The highest BCUT2D eigenvalue weighted by molar-refractivity contribution is 5.95. The summed E-state index contributed by atoms with van der Waals surface area (Å²) in [5, 5.41) is 0. The molecule has 0 bridgehead atoms. The second-order valence-electron chi connectivity index (χ2n) is 6.85. The summed E-state index contributed by atoms with van der Waals surface area (Å²) in [5.74, 6) is 0.0494. The smallest absolute Gasteiger partial charge is 0.360 e. The number of carbonyl (C=O) groups is 2. The first-order valence-corrected chi connectivity index (χ1v) is 9.57. The first-order chi connectivity index (χ1) is 13.4. The van der Waals surface area contributed by atoms with Crippen molar-refractivity contribution in [1.29, 1.82) is 0 Å². The van der Waals surface area contributed by atoms with E-state index in [0.717, 1.165) is 16.6 Å². The maximum Gasteiger partial charge on any atom is 0.360 e. The van der Waals surface area contributed by atoms with Gasteiger partial charge in [0.1, 0.15) is 0 Å². The molecule has 3 rings (SSSR count). The van der Waals surface area contributed by atoms with Crippen molar-refractivity contribution in [3.05, 3.63) is 41.1 Å². The number of nitrogens with zero attached hydrogens (tertiary/aromatic N) is 4. The van der Waals surface area contributed by atoms with Gasteiger partial charge in [-0.3, -0.25) is 4.79 Å². The molecule has 0 radical (unpaired) electrons. The minimum Gasteiger partial charge on any atom is -0.461 e. The molecule has 7 heteroatoms.